The zero-order valence-corrected chi connectivity index (χ0v) is 10.7. The maximum absolute atomic E-state index is 13.4. The Bertz CT molecular complexity index is 525. The highest BCUT2D eigenvalue weighted by Crippen LogP contribution is 2.11. The maximum atomic E-state index is 13.4. The number of rotatable bonds is 4. The first-order chi connectivity index (χ1) is 8.65. The molecule has 1 heterocycles. The van der Waals surface area contributed by atoms with Crippen molar-refractivity contribution in [3.05, 3.63) is 52.7 Å². The lowest BCUT2D eigenvalue weighted by molar-refractivity contribution is 0.610. The molecule has 0 aliphatic carbocycles. The highest BCUT2D eigenvalue weighted by molar-refractivity contribution is 6.28. The van der Waals surface area contributed by atoms with Gasteiger partial charge in [-0.2, -0.15) is 0 Å². The van der Waals surface area contributed by atoms with E-state index in [-0.39, 0.29) is 11.1 Å². The van der Waals surface area contributed by atoms with Gasteiger partial charge in [0.2, 0.25) is 5.28 Å². The Labute approximate surface area is 110 Å². The largest absolute Gasteiger partial charge is 0.370 e. The summed E-state index contributed by atoms with van der Waals surface area (Å²) in [6, 6.07) is 8.54. The third kappa shape index (κ3) is 3.40. The summed E-state index contributed by atoms with van der Waals surface area (Å²) in [5, 5.41) is 3.31. The monoisotopic (exact) mass is 265 g/mol. The summed E-state index contributed by atoms with van der Waals surface area (Å²) < 4.78 is 13.4. The first kappa shape index (κ1) is 12.8. The maximum Gasteiger partial charge on any atom is 0.224 e. The SMILES string of the molecule is Cc1cc(NCCc2ccccc2F)nc(Cl)n1. The van der Waals surface area contributed by atoms with Crippen molar-refractivity contribution in [3.8, 4) is 0 Å². The summed E-state index contributed by atoms with van der Waals surface area (Å²) in [7, 11) is 0. The molecule has 5 heteroatoms. The van der Waals surface area contributed by atoms with Crippen LogP contribution in [-0.4, -0.2) is 16.5 Å². The van der Waals surface area contributed by atoms with E-state index in [1.165, 1.54) is 6.07 Å². The summed E-state index contributed by atoms with van der Waals surface area (Å²) in [4.78, 5) is 8.01. The molecule has 2 aromatic rings. The van der Waals surface area contributed by atoms with Gasteiger partial charge in [0.15, 0.2) is 0 Å². The van der Waals surface area contributed by atoms with Gasteiger partial charge in [-0.25, -0.2) is 14.4 Å². The Morgan fingerprint density at radius 1 is 1.28 bits per heavy atom. The van der Waals surface area contributed by atoms with Crippen molar-refractivity contribution in [3.63, 3.8) is 0 Å². The molecule has 0 amide bonds. The molecule has 1 N–H and O–H groups in total. The van der Waals surface area contributed by atoms with Gasteiger partial charge in [0.05, 0.1) is 0 Å². The summed E-state index contributed by atoms with van der Waals surface area (Å²) in [6.07, 6.45) is 0.591. The predicted octanol–water partition coefficient (Wildman–Crippen LogP) is 3.23. The minimum atomic E-state index is -0.184. The molecule has 1 aromatic carbocycles. The molecule has 94 valence electrons. The number of hydrogen-bond donors (Lipinski definition) is 1. The Kier molecular flexibility index (Phi) is 4.10. The van der Waals surface area contributed by atoms with Crippen LogP contribution < -0.4 is 5.32 Å². The van der Waals surface area contributed by atoms with Crippen LogP contribution >= 0.6 is 11.6 Å². The molecule has 0 fully saturated rings. The molecular weight excluding hydrogens is 253 g/mol. The molecule has 0 bridgehead atoms. The van der Waals surface area contributed by atoms with Crippen LogP contribution in [0.4, 0.5) is 10.2 Å². The van der Waals surface area contributed by atoms with Crippen molar-refractivity contribution in [2.75, 3.05) is 11.9 Å². The molecule has 0 spiro atoms. The zero-order chi connectivity index (χ0) is 13.0. The highest BCUT2D eigenvalue weighted by atomic mass is 35.5. The fourth-order valence-corrected chi connectivity index (χ4v) is 1.87. The Balaban J connectivity index is 1.94. The summed E-state index contributed by atoms with van der Waals surface area (Å²) in [6.45, 7) is 2.43. The molecule has 0 radical (unpaired) electrons. The second-order valence-electron chi connectivity index (χ2n) is 3.93. The zero-order valence-electron chi connectivity index (χ0n) is 9.95. The summed E-state index contributed by atoms with van der Waals surface area (Å²) in [5.74, 6) is 0.472. The van der Waals surface area contributed by atoms with E-state index in [0.717, 1.165) is 5.69 Å². The molecule has 1 aromatic heterocycles. The van der Waals surface area contributed by atoms with Crippen molar-refractivity contribution >= 4 is 17.4 Å². The number of halogens is 2. The lowest BCUT2D eigenvalue weighted by atomic mass is 10.1. The van der Waals surface area contributed by atoms with Gasteiger partial charge in [-0.15, -0.1) is 0 Å². The fourth-order valence-electron chi connectivity index (χ4n) is 1.65. The van der Waals surface area contributed by atoms with Gasteiger partial charge in [0.25, 0.3) is 0 Å². The average molecular weight is 266 g/mol. The van der Waals surface area contributed by atoms with E-state index in [9.17, 15) is 4.39 Å². The van der Waals surface area contributed by atoms with E-state index >= 15 is 0 Å². The molecule has 2 rings (SSSR count). The van der Waals surface area contributed by atoms with Gasteiger partial charge >= 0.3 is 0 Å². The van der Waals surface area contributed by atoms with E-state index in [2.05, 4.69) is 15.3 Å². The summed E-state index contributed by atoms with van der Waals surface area (Å²) in [5.41, 5.74) is 1.48. The van der Waals surface area contributed by atoms with Gasteiger partial charge in [0.1, 0.15) is 11.6 Å². The van der Waals surface area contributed by atoms with Crippen LogP contribution in [0.2, 0.25) is 5.28 Å². The van der Waals surface area contributed by atoms with Gasteiger partial charge in [-0.3, -0.25) is 0 Å². The molecule has 3 nitrogen and oxygen atoms in total. The molecule has 0 saturated carbocycles. The standard InChI is InChI=1S/C13H13ClFN3/c1-9-8-12(18-13(14)17-9)16-7-6-10-4-2-3-5-11(10)15/h2-5,8H,6-7H2,1H3,(H,16,17,18). The van der Waals surface area contributed by atoms with Gasteiger partial charge < -0.3 is 5.32 Å². The minimum absolute atomic E-state index is 0.184. The van der Waals surface area contributed by atoms with Gasteiger partial charge in [-0.1, -0.05) is 18.2 Å². The molecule has 0 atom stereocenters. The molecular formula is C13H13ClFN3. The Morgan fingerprint density at radius 3 is 2.78 bits per heavy atom. The highest BCUT2D eigenvalue weighted by Gasteiger charge is 2.02. The third-order valence-electron chi connectivity index (χ3n) is 2.49. The van der Waals surface area contributed by atoms with Crippen LogP contribution in [0.15, 0.2) is 30.3 Å². The average Bonchev–Trinajstić information content (AvgIpc) is 2.30. The topological polar surface area (TPSA) is 37.8 Å². The predicted molar refractivity (Wildman–Crippen MR) is 70.4 cm³/mol. The minimum Gasteiger partial charge on any atom is -0.370 e. The second kappa shape index (κ2) is 5.78. The van der Waals surface area contributed by atoms with Crippen molar-refractivity contribution in [1.82, 2.24) is 9.97 Å². The first-order valence-electron chi connectivity index (χ1n) is 5.63. The van der Waals surface area contributed by atoms with E-state index in [4.69, 9.17) is 11.6 Å². The number of aromatic nitrogens is 2. The van der Waals surface area contributed by atoms with Crippen molar-refractivity contribution in [1.29, 1.82) is 0 Å². The number of benzene rings is 1. The number of anilines is 1. The molecule has 0 aliphatic rings. The number of aryl methyl sites for hydroxylation is 1. The lowest BCUT2D eigenvalue weighted by Crippen LogP contribution is -2.08. The summed E-state index contributed by atoms with van der Waals surface area (Å²) >= 11 is 5.75. The fraction of sp³-hybridized carbons (Fsp3) is 0.231. The van der Waals surface area contributed by atoms with E-state index < -0.39 is 0 Å². The van der Waals surface area contributed by atoms with Crippen LogP contribution in [0, 0.1) is 12.7 Å². The van der Waals surface area contributed by atoms with Crippen LogP contribution in [0.1, 0.15) is 11.3 Å². The van der Waals surface area contributed by atoms with E-state index in [0.29, 0.717) is 24.3 Å². The molecule has 0 aliphatic heterocycles. The quantitative estimate of drug-likeness (QED) is 0.863. The van der Waals surface area contributed by atoms with Gasteiger partial charge in [-0.05, 0) is 36.6 Å². The van der Waals surface area contributed by atoms with Crippen LogP contribution in [0.3, 0.4) is 0 Å². The van der Waals surface area contributed by atoms with Crippen molar-refractivity contribution < 1.29 is 4.39 Å². The Hall–Kier alpha value is -1.68. The Morgan fingerprint density at radius 2 is 2.06 bits per heavy atom. The molecule has 0 saturated heterocycles. The van der Waals surface area contributed by atoms with E-state index in [1.54, 1.807) is 18.2 Å². The number of nitrogens with zero attached hydrogens (tertiary/aromatic N) is 2. The second-order valence-corrected chi connectivity index (χ2v) is 4.27. The van der Waals surface area contributed by atoms with Gasteiger partial charge in [0, 0.05) is 18.3 Å². The number of nitrogens with one attached hydrogen (secondary N) is 1. The molecule has 18 heavy (non-hydrogen) atoms. The van der Waals surface area contributed by atoms with Crippen LogP contribution in [0.5, 0.6) is 0 Å². The smallest absolute Gasteiger partial charge is 0.224 e. The lowest BCUT2D eigenvalue weighted by Gasteiger charge is -2.07. The van der Waals surface area contributed by atoms with Crippen LogP contribution in [0.25, 0.3) is 0 Å². The van der Waals surface area contributed by atoms with Crippen LogP contribution in [-0.2, 0) is 6.42 Å². The third-order valence-corrected chi connectivity index (χ3v) is 2.65. The van der Waals surface area contributed by atoms with Crippen molar-refractivity contribution in [2.24, 2.45) is 0 Å². The van der Waals surface area contributed by atoms with E-state index in [1.807, 2.05) is 13.0 Å². The normalized spacial score (nSPS) is 10.4. The molecule has 0 unspecified atom stereocenters. The first-order valence-corrected chi connectivity index (χ1v) is 6.01. The van der Waals surface area contributed by atoms with Crippen molar-refractivity contribution in [2.45, 2.75) is 13.3 Å². The number of hydrogen-bond acceptors (Lipinski definition) is 3.